The van der Waals surface area contributed by atoms with E-state index in [1.807, 2.05) is 18.2 Å². The molecule has 1 atom stereocenters. The highest BCUT2D eigenvalue weighted by Crippen LogP contribution is 2.24. The lowest BCUT2D eigenvalue weighted by Gasteiger charge is -2.13. The van der Waals surface area contributed by atoms with Gasteiger partial charge in [-0.1, -0.05) is 18.2 Å². The van der Waals surface area contributed by atoms with Crippen LogP contribution in [0.2, 0.25) is 0 Å². The van der Waals surface area contributed by atoms with Crippen molar-refractivity contribution in [1.29, 1.82) is 0 Å². The van der Waals surface area contributed by atoms with Crippen LogP contribution in [-0.4, -0.2) is 22.3 Å². The fraction of sp³-hybridized carbons (Fsp3) is 0.333. The lowest BCUT2D eigenvalue weighted by molar-refractivity contribution is -0.678. The van der Waals surface area contributed by atoms with Gasteiger partial charge in [0.05, 0.1) is 12.8 Å². The monoisotopic (exact) mass is 299 g/mol. The molecule has 22 heavy (non-hydrogen) atoms. The van der Waals surface area contributed by atoms with Crippen molar-refractivity contribution < 1.29 is 14.8 Å². The second kappa shape index (κ2) is 6.38. The largest absolute Gasteiger partial charge is 0.463 e. The van der Waals surface area contributed by atoms with Crippen molar-refractivity contribution in [2.24, 2.45) is 0 Å². The number of benzene rings is 1. The molecular formula is C18H23N2O2+. The van der Waals surface area contributed by atoms with E-state index in [-0.39, 0.29) is 6.10 Å². The number of para-hydroxylation sites is 1. The molecule has 0 fully saturated rings. The molecule has 0 radical (unpaired) electrons. The topological polar surface area (TPSA) is 54.9 Å². The smallest absolute Gasteiger partial charge is 0.157 e. The van der Waals surface area contributed by atoms with Crippen LogP contribution < -0.4 is 5.32 Å². The number of nitrogens with two attached hydrogens (primary N) is 1. The maximum Gasteiger partial charge on any atom is 0.157 e. The highest BCUT2D eigenvalue weighted by atomic mass is 16.3. The highest BCUT2D eigenvalue weighted by molar-refractivity contribution is 5.85. The quantitative estimate of drug-likeness (QED) is 0.731. The fourth-order valence-corrected chi connectivity index (χ4v) is 2.97. The minimum absolute atomic E-state index is 0.385. The molecule has 3 rings (SSSR count). The van der Waals surface area contributed by atoms with E-state index in [0.717, 1.165) is 12.3 Å². The summed E-state index contributed by atoms with van der Waals surface area (Å²) in [6.07, 6.45) is 1.29. The summed E-state index contributed by atoms with van der Waals surface area (Å²) in [5.41, 5.74) is 3.72. The summed E-state index contributed by atoms with van der Waals surface area (Å²) in [6, 6.07) is 12.2. The predicted molar refractivity (Wildman–Crippen MR) is 86.6 cm³/mol. The second-order valence-electron chi connectivity index (χ2n) is 5.80. The van der Waals surface area contributed by atoms with Crippen molar-refractivity contribution >= 4 is 10.9 Å². The molecule has 1 aromatic carbocycles. The number of hydrogen-bond donors (Lipinski definition) is 2. The normalized spacial score (nSPS) is 12.9. The number of aliphatic hydroxyl groups excluding tert-OH is 1. The average Bonchev–Trinajstić information content (AvgIpc) is 3.11. The summed E-state index contributed by atoms with van der Waals surface area (Å²) >= 11 is 0. The first kappa shape index (κ1) is 14.9. The summed E-state index contributed by atoms with van der Waals surface area (Å²) in [7, 11) is 0. The summed E-state index contributed by atoms with van der Waals surface area (Å²) in [5.74, 6) is 0.936. The van der Waals surface area contributed by atoms with E-state index in [9.17, 15) is 5.11 Å². The van der Waals surface area contributed by atoms with Crippen molar-refractivity contribution in [2.75, 3.05) is 6.54 Å². The van der Waals surface area contributed by atoms with Gasteiger partial charge in [-0.15, -0.1) is 0 Å². The van der Waals surface area contributed by atoms with Crippen LogP contribution in [-0.2, 0) is 13.1 Å². The standard InChI is InChI=1S/C18H22N2O2/c1-13-14(2)20(18-8-4-3-7-17(13)18)12-15(21)10-19-11-16-6-5-9-22-16/h3-9,15,19,21H,10-12H2,1-2H3/p+1/t15-/m1/s1. The molecule has 4 nitrogen and oxygen atoms in total. The summed E-state index contributed by atoms with van der Waals surface area (Å²) < 4.78 is 7.51. The molecular weight excluding hydrogens is 276 g/mol. The van der Waals surface area contributed by atoms with Gasteiger partial charge >= 0.3 is 0 Å². The Bertz CT molecular complexity index is 744. The van der Waals surface area contributed by atoms with Gasteiger partial charge < -0.3 is 19.4 Å². The molecule has 0 aliphatic carbocycles. The number of quaternary nitrogens is 1. The molecule has 0 bridgehead atoms. The minimum atomic E-state index is -0.385. The van der Waals surface area contributed by atoms with Gasteiger partial charge in [0.15, 0.2) is 5.76 Å². The Kier molecular flexibility index (Phi) is 4.32. The zero-order valence-electron chi connectivity index (χ0n) is 13.1. The van der Waals surface area contributed by atoms with Gasteiger partial charge in [-0.3, -0.25) is 0 Å². The van der Waals surface area contributed by atoms with Crippen molar-refractivity contribution in [3.8, 4) is 0 Å². The molecule has 2 heterocycles. The Labute approximate surface area is 130 Å². The number of aryl methyl sites for hydroxylation is 1. The molecule has 0 saturated carbocycles. The first-order valence-electron chi connectivity index (χ1n) is 7.73. The van der Waals surface area contributed by atoms with Crippen LogP contribution in [0.5, 0.6) is 0 Å². The summed E-state index contributed by atoms with van der Waals surface area (Å²) in [4.78, 5) is 0. The first-order valence-corrected chi connectivity index (χ1v) is 7.73. The lowest BCUT2D eigenvalue weighted by atomic mass is 10.2. The van der Waals surface area contributed by atoms with Gasteiger partial charge in [-0.2, -0.15) is 0 Å². The molecule has 0 amide bonds. The van der Waals surface area contributed by atoms with Gasteiger partial charge in [0.25, 0.3) is 0 Å². The Balaban J connectivity index is 1.66. The number of aliphatic hydroxyl groups is 1. The van der Waals surface area contributed by atoms with Crippen molar-refractivity contribution in [3.63, 3.8) is 0 Å². The molecule has 4 heteroatoms. The van der Waals surface area contributed by atoms with Gasteiger partial charge in [-0.05, 0) is 37.6 Å². The number of rotatable bonds is 6. The maximum absolute atomic E-state index is 10.3. The number of fused-ring (bicyclic) bond motifs is 1. The Hall–Kier alpha value is -2.04. The van der Waals surface area contributed by atoms with E-state index < -0.39 is 0 Å². The third-order valence-electron chi connectivity index (χ3n) is 4.30. The van der Waals surface area contributed by atoms with Crippen LogP contribution in [0.4, 0.5) is 0 Å². The molecule has 0 saturated heterocycles. The molecule has 116 valence electrons. The molecule has 2 aromatic heterocycles. The SMILES string of the molecule is Cc1c(C)n(C[C@H](O)C[NH2+]Cc2ccco2)c2ccccc12. The summed E-state index contributed by atoms with van der Waals surface area (Å²) in [6.45, 7) is 6.30. The van der Waals surface area contributed by atoms with Gasteiger partial charge in [0.1, 0.15) is 19.2 Å². The van der Waals surface area contributed by atoms with E-state index in [4.69, 9.17) is 4.42 Å². The Morgan fingerprint density at radius 3 is 2.77 bits per heavy atom. The minimum Gasteiger partial charge on any atom is -0.463 e. The fourth-order valence-electron chi connectivity index (χ4n) is 2.97. The molecule has 0 unspecified atom stereocenters. The molecule has 0 aliphatic rings. The third-order valence-corrected chi connectivity index (χ3v) is 4.30. The predicted octanol–water partition coefficient (Wildman–Crippen LogP) is 1.98. The van der Waals surface area contributed by atoms with E-state index in [2.05, 4.69) is 41.9 Å². The number of hydrogen-bond acceptors (Lipinski definition) is 2. The molecule has 3 aromatic rings. The van der Waals surface area contributed by atoms with Crippen LogP contribution in [0, 0.1) is 13.8 Å². The van der Waals surface area contributed by atoms with Crippen LogP contribution in [0.1, 0.15) is 17.0 Å². The van der Waals surface area contributed by atoms with Gasteiger partial charge in [0, 0.05) is 16.6 Å². The van der Waals surface area contributed by atoms with Crippen molar-refractivity contribution in [3.05, 3.63) is 59.7 Å². The van der Waals surface area contributed by atoms with Crippen LogP contribution in [0.3, 0.4) is 0 Å². The third kappa shape index (κ3) is 2.93. The van der Waals surface area contributed by atoms with Crippen LogP contribution in [0.25, 0.3) is 10.9 Å². The maximum atomic E-state index is 10.3. The van der Waals surface area contributed by atoms with Gasteiger partial charge in [-0.25, -0.2) is 0 Å². The summed E-state index contributed by atoms with van der Waals surface area (Å²) in [5, 5.41) is 13.7. The van der Waals surface area contributed by atoms with Gasteiger partial charge in [0.2, 0.25) is 0 Å². The van der Waals surface area contributed by atoms with E-state index >= 15 is 0 Å². The Morgan fingerprint density at radius 2 is 2.00 bits per heavy atom. The molecule has 0 spiro atoms. The van der Waals surface area contributed by atoms with Crippen LogP contribution >= 0.6 is 0 Å². The zero-order valence-corrected chi connectivity index (χ0v) is 13.1. The van der Waals surface area contributed by atoms with Crippen LogP contribution in [0.15, 0.2) is 47.1 Å². The zero-order chi connectivity index (χ0) is 15.5. The van der Waals surface area contributed by atoms with E-state index in [1.54, 1.807) is 6.26 Å². The number of furan rings is 1. The lowest BCUT2D eigenvalue weighted by Crippen LogP contribution is -2.85. The second-order valence-corrected chi connectivity index (χ2v) is 5.80. The van der Waals surface area contributed by atoms with Crippen molar-refractivity contribution in [2.45, 2.75) is 33.0 Å². The Morgan fingerprint density at radius 1 is 1.18 bits per heavy atom. The highest BCUT2D eigenvalue weighted by Gasteiger charge is 2.14. The molecule has 0 aliphatic heterocycles. The van der Waals surface area contributed by atoms with E-state index in [1.165, 1.54) is 22.2 Å². The van der Waals surface area contributed by atoms with E-state index in [0.29, 0.717) is 13.1 Å². The van der Waals surface area contributed by atoms with Crippen molar-refractivity contribution in [1.82, 2.24) is 4.57 Å². The average molecular weight is 299 g/mol. The molecule has 3 N–H and O–H groups in total. The number of aromatic nitrogens is 1. The first-order chi connectivity index (χ1) is 10.7. The number of nitrogens with zero attached hydrogens (tertiary/aromatic N) is 1.